The van der Waals surface area contributed by atoms with E-state index in [-0.39, 0.29) is 42.4 Å². The molecule has 0 aliphatic heterocycles. The fourth-order valence-electron chi connectivity index (χ4n) is 2.06. The molecule has 0 bridgehead atoms. The molecule has 0 fully saturated rings. The average molecular weight is 317 g/mol. The maximum absolute atomic E-state index is 13.7. The van der Waals surface area contributed by atoms with Gasteiger partial charge in [0.15, 0.2) is 0 Å². The van der Waals surface area contributed by atoms with Gasteiger partial charge < -0.3 is 11.1 Å². The summed E-state index contributed by atoms with van der Waals surface area (Å²) in [5.74, 6) is -0.286. The van der Waals surface area contributed by atoms with E-state index in [4.69, 9.17) is 5.73 Å². The van der Waals surface area contributed by atoms with Crippen LogP contribution in [-0.2, 0) is 4.79 Å². The molecule has 120 valence electrons. The van der Waals surface area contributed by atoms with Crippen LogP contribution in [0.4, 0.5) is 4.39 Å². The molecule has 1 aromatic carbocycles. The quantitative estimate of drug-likeness (QED) is 0.846. The second-order valence-electron chi connectivity index (χ2n) is 5.95. The van der Waals surface area contributed by atoms with Crippen LogP contribution in [0.5, 0.6) is 0 Å². The zero-order chi connectivity index (χ0) is 15.3. The number of amides is 1. The SMILES string of the molecule is CC(CC(=O)NC(C)(CN)C(C)C)c1ccccc1F.Cl. The Labute approximate surface area is 132 Å². The summed E-state index contributed by atoms with van der Waals surface area (Å²) in [5, 5.41) is 2.98. The second-order valence-corrected chi connectivity index (χ2v) is 5.95. The predicted octanol–water partition coefficient (Wildman–Crippen LogP) is 3.23. The minimum atomic E-state index is -0.425. The normalized spacial score (nSPS) is 15.0. The second kappa shape index (κ2) is 8.35. The van der Waals surface area contributed by atoms with E-state index in [2.05, 4.69) is 5.32 Å². The molecule has 0 saturated heterocycles. The number of nitrogens with one attached hydrogen (secondary N) is 1. The first kappa shape index (κ1) is 19.9. The Morgan fingerprint density at radius 3 is 2.38 bits per heavy atom. The van der Waals surface area contributed by atoms with Crippen molar-refractivity contribution < 1.29 is 9.18 Å². The fraction of sp³-hybridized carbons (Fsp3) is 0.562. The van der Waals surface area contributed by atoms with Gasteiger partial charge in [0.05, 0.1) is 5.54 Å². The van der Waals surface area contributed by atoms with E-state index in [1.165, 1.54) is 6.07 Å². The van der Waals surface area contributed by atoms with Gasteiger partial charge in [-0.15, -0.1) is 12.4 Å². The predicted molar refractivity (Wildman–Crippen MR) is 87.1 cm³/mol. The highest BCUT2D eigenvalue weighted by Gasteiger charge is 2.29. The molecular weight excluding hydrogens is 291 g/mol. The van der Waals surface area contributed by atoms with E-state index >= 15 is 0 Å². The Balaban J connectivity index is 0.00000400. The monoisotopic (exact) mass is 316 g/mol. The van der Waals surface area contributed by atoms with Crippen molar-refractivity contribution >= 4 is 18.3 Å². The number of hydrogen-bond acceptors (Lipinski definition) is 2. The molecule has 5 heteroatoms. The summed E-state index contributed by atoms with van der Waals surface area (Å²) in [5.41, 5.74) is 5.89. The molecule has 21 heavy (non-hydrogen) atoms. The first-order valence-electron chi connectivity index (χ1n) is 7.05. The van der Waals surface area contributed by atoms with E-state index in [0.717, 1.165) is 0 Å². The van der Waals surface area contributed by atoms with Crippen molar-refractivity contribution in [2.75, 3.05) is 6.54 Å². The number of rotatable bonds is 6. The smallest absolute Gasteiger partial charge is 0.221 e. The number of benzene rings is 1. The molecule has 1 aromatic rings. The first-order chi connectivity index (χ1) is 9.30. The van der Waals surface area contributed by atoms with Crippen LogP contribution in [0.1, 0.15) is 45.6 Å². The van der Waals surface area contributed by atoms with Crippen LogP contribution in [0, 0.1) is 11.7 Å². The summed E-state index contributed by atoms with van der Waals surface area (Å²) in [6.45, 7) is 8.21. The lowest BCUT2D eigenvalue weighted by Crippen LogP contribution is -2.55. The zero-order valence-electron chi connectivity index (χ0n) is 13.2. The van der Waals surface area contributed by atoms with Gasteiger partial charge in [-0.05, 0) is 30.4 Å². The summed E-state index contributed by atoms with van der Waals surface area (Å²) in [6, 6.07) is 6.57. The molecule has 0 heterocycles. The standard InChI is InChI=1S/C16H25FN2O.ClH/c1-11(2)16(4,10-18)19-15(20)9-12(3)13-7-5-6-8-14(13)17;/h5-8,11-12H,9-10,18H2,1-4H3,(H,19,20);1H. The molecule has 0 saturated carbocycles. The lowest BCUT2D eigenvalue weighted by Gasteiger charge is -2.34. The Bertz CT molecular complexity index is 467. The van der Waals surface area contributed by atoms with Crippen LogP contribution in [0.2, 0.25) is 0 Å². The van der Waals surface area contributed by atoms with Crippen molar-refractivity contribution in [2.24, 2.45) is 11.7 Å². The number of carbonyl (C=O) groups excluding carboxylic acids is 1. The summed E-state index contributed by atoms with van der Waals surface area (Å²) in [6.07, 6.45) is 0.253. The van der Waals surface area contributed by atoms with Crippen LogP contribution in [0.25, 0.3) is 0 Å². The number of halogens is 2. The lowest BCUT2D eigenvalue weighted by molar-refractivity contribution is -0.123. The summed E-state index contributed by atoms with van der Waals surface area (Å²) >= 11 is 0. The van der Waals surface area contributed by atoms with E-state index < -0.39 is 5.54 Å². The topological polar surface area (TPSA) is 55.1 Å². The van der Waals surface area contributed by atoms with Gasteiger partial charge in [-0.25, -0.2) is 4.39 Å². The molecule has 1 amide bonds. The molecule has 0 radical (unpaired) electrons. The molecule has 0 aliphatic rings. The number of nitrogens with two attached hydrogens (primary N) is 1. The van der Waals surface area contributed by atoms with E-state index in [1.54, 1.807) is 18.2 Å². The molecular formula is C16H26ClFN2O. The minimum absolute atomic E-state index is 0. The largest absolute Gasteiger partial charge is 0.349 e. The maximum atomic E-state index is 13.7. The van der Waals surface area contributed by atoms with Gasteiger partial charge >= 0.3 is 0 Å². The van der Waals surface area contributed by atoms with E-state index in [9.17, 15) is 9.18 Å². The maximum Gasteiger partial charge on any atom is 0.221 e. The summed E-state index contributed by atoms with van der Waals surface area (Å²) in [7, 11) is 0. The lowest BCUT2D eigenvalue weighted by atomic mass is 9.87. The van der Waals surface area contributed by atoms with E-state index in [0.29, 0.717) is 12.1 Å². The highest BCUT2D eigenvalue weighted by molar-refractivity contribution is 5.85. The number of hydrogen-bond donors (Lipinski definition) is 2. The van der Waals surface area contributed by atoms with Crippen LogP contribution < -0.4 is 11.1 Å². The van der Waals surface area contributed by atoms with Gasteiger partial charge in [0, 0.05) is 13.0 Å². The van der Waals surface area contributed by atoms with Crippen molar-refractivity contribution in [3.8, 4) is 0 Å². The molecule has 0 spiro atoms. The molecule has 3 N–H and O–H groups in total. The molecule has 2 unspecified atom stereocenters. The van der Waals surface area contributed by atoms with Gasteiger partial charge in [-0.1, -0.05) is 39.0 Å². The molecule has 2 atom stereocenters. The van der Waals surface area contributed by atoms with Crippen molar-refractivity contribution in [2.45, 2.75) is 45.6 Å². The third-order valence-electron chi connectivity index (χ3n) is 4.05. The van der Waals surface area contributed by atoms with Crippen LogP contribution in [-0.4, -0.2) is 18.0 Å². The summed E-state index contributed by atoms with van der Waals surface area (Å²) < 4.78 is 13.7. The third kappa shape index (κ3) is 5.29. The molecule has 3 nitrogen and oxygen atoms in total. The van der Waals surface area contributed by atoms with Gasteiger partial charge in [0.2, 0.25) is 5.91 Å². The number of carbonyl (C=O) groups is 1. The van der Waals surface area contributed by atoms with Crippen molar-refractivity contribution in [1.29, 1.82) is 0 Å². The van der Waals surface area contributed by atoms with Crippen molar-refractivity contribution in [3.63, 3.8) is 0 Å². The molecule has 0 aliphatic carbocycles. The van der Waals surface area contributed by atoms with Gasteiger partial charge in [0.1, 0.15) is 5.82 Å². The van der Waals surface area contributed by atoms with Gasteiger partial charge in [0.25, 0.3) is 0 Å². The minimum Gasteiger partial charge on any atom is -0.349 e. The Morgan fingerprint density at radius 2 is 1.90 bits per heavy atom. The summed E-state index contributed by atoms with van der Waals surface area (Å²) in [4.78, 5) is 12.1. The van der Waals surface area contributed by atoms with Crippen molar-refractivity contribution in [1.82, 2.24) is 5.32 Å². The molecule has 1 rings (SSSR count). The van der Waals surface area contributed by atoms with Crippen LogP contribution in [0.3, 0.4) is 0 Å². The zero-order valence-corrected chi connectivity index (χ0v) is 14.0. The third-order valence-corrected chi connectivity index (χ3v) is 4.05. The van der Waals surface area contributed by atoms with E-state index in [1.807, 2.05) is 27.7 Å². The highest BCUT2D eigenvalue weighted by Crippen LogP contribution is 2.23. The highest BCUT2D eigenvalue weighted by atomic mass is 35.5. The molecule has 0 aromatic heterocycles. The van der Waals surface area contributed by atoms with Crippen LogP contribution >= 0.6 is 12.4 Å². The average Bonchev–Trinajstić information content (AvgIpc) is 2.38. The Morgan fingerprint density at radius 1 is 1.33 bits per heavy atom. The first-order valence-corrected chi connectivity index (χ1v) is 7.05. The van der Waals surface area contributed by atoms with Gasteiger partial charge in [-0.3, -0.25) is 4.79 Å². The fourth-order valence-corrected chi connectivity index (χ4v) is 2.06. The van der Waals surface area contributed by atoms with Gasteiger partial charge in [-0.2, -0.15) is 0 Å². The Hall–Kier alpha value is -1.13. The van der Waals surface area contributed by atoms with Crippen LogP contribution in [0.15, 0.2) is 24.3 Å². The Kier molecular flexibility index (Phi) is 7.90. The van der Waals surface area contributed by atoms with Crippen molar-refractivity contribution in [3.05, 3.63) is 35.6 Å².